The van der Waals surface area contributed by atoms with Crippen LogP contribution in [0.25, 0.3) is 11.0 Å². The number of amides is 1. The van der Waals surface area contributed by atoms with E-state index in [0.29, 0.717) is 17.9 Å². The number of hydrogen-bond acceptors (Lipinski definition) is 3. The van der Waals surface area contributed by atoms with Gasteiger partial charge in [-0.05, 0) is 49.7 Å². The second-order valence-corrected chi connectivity index (χ2v) is 7.17. The first kappa shape index (κ1) is 18.6. The Labute approximate surface area is 168 Å². The van der Waals surface area contributed by atoms with Crippen molar-refractivity contribution >= 4 is 22.6 Å². The van der Waals surface area contributed by atoms with Crippen molar-refractivity contribution in [3.63, 3.8) is 0 Å². The summed E-state index contributed by atoms with van der Waals surface area (Å²) in [7, 11) is 0. The highest BCUT2D eigenvalue weighted by Gasteiger charge is 2.17. The fourth-order valence-corrected chi connectivity index (χ4v) is 3.23. The van der Waals surface area contributed by atoms with E-state index < -0.39 is 5.91 Å². The molecular formula is C24H21N3O2. The SMILES string of the molecule is Cc1ccc(Cn2c(=O)c(C(=O)Nc3ccc(C)cc3)cc3cccnc32)cc1. The van der Waals surface area contributed by atoms with Gasteiger partial charge in [0.1, 0.15) is 11.2 Å². The summed E-state index contributed by atoms with van der Waals surface area (Å²) in [6.07, 6.45) is 1.65. The van der Waals surface area contributed by atoms with E-state index in [1.165, 1.54) is 0 Å². The number of carbonyl (C=O) groups excluding carboxylic acids is 1. The lowest BCUT2D eigenvalue weighted by Crippen LogP contribution is -2.30. The molecule has 0 saturated carbocycles. The number of rotatable bonds is 4. The molecule has 0 fully saturated rings. The molecule has 0 aliphatic rings. The van der Waals surface area contributed by atoms with Crippen molar-refractivity contribution in [3.8, 4) is 0 Å². The van der Waals surface area contributed by atoms with Gasteiger partial charge in [0.05, 0.1) is 6.54 Å². The van der Waals surface area contributed by atoms with Gasteiger partial charge in [-0.1, -0.05) is 47.5 Å². The van der Waals surface area contributed by atoms with Crippen LogP contribution in [0.5, 0.6) is 0 Å². The molecule has 5 heteroatoms. The molecule has 1 amide bonds. The summed E-state index contributed by atoms with van der Waals surface area (Å²) < 4.78 is 1.56. The average Bonchev–Trinajstić information content (AvgIpc) is 2.73. The zero-order valence-electron chi connectivity index (χ0n) is 16.3. The molecule has 0 spiro atoms. The standard InChI is InChI=1S/C24H21N3O2/c1-16-5-9-18(10-6-16)15-27-22-19(4-3-13-25-22)14-21(24(27)29)23(28)26-20-11-7-17(2)8-12-20/h3-14H,15H2,1-2H3,(H,26,28). The van der Waals surface area contributed by atoms with E-state index in [4.69, 9.17) is 0 Å². The van der Waals surface area contributed by atoms with Crippen LogP contribution in [0.4, 0.5) is 5.69 Å². The van der Waals surface area contributed by atoms with Gasteiger partial charge in [0.15, 0.2) is 0 Å². The number of aryl methyl sites for hydroxylation is 2. The maximum Gasteiger partial charge on any atom is 0.265 e. The summed E-state index contributed by atoms with van der Waals surface area (Å²) in [5.41, 5.74) is 4.16. The average molecular weight is 383 g/mol. The number of hydrogen-bond donors (Lipinski definition) is 1. The number of anilines is 1. The normalized spacial score (nSPS) is 10.8. The lowest BCUT2D eigenvalue weighted by molar-refractivity contribution is 0.102. The third-order valence-electron chi connectivity index (χ3n) is 4.86. The van der Waals surface area contributed by atoms with Crippen LogP contribution in [0.15, 0.2) is 77.7 Å². The van der Waals surface area contributed by atoms with E-state index in [2.05, 4.69) is 10.3 Å². The maximum atomic E-state index is 13.2. The van der Waals surface area contributed by atoms with Gasteiger partial charge in [0.25, 0.3) is 11.5 Å². The molecule has 0 aliphatic carbocycles. The number of benzene rings is 2. The Balaban J connectivity index is 1.77. The molecule has 2 heterocycles. The summed E-state index contributed by atoms with van der Waals surface area (Å²) in [6, 6.07) is 20.7. The zero-order chi connectivity index (χ0) is 20.4. The van der Waals surface area contributed by atoms with Gasteiger partial charge in [-0.2, -0.15) is 0 Å². The van der Waals surface area contributed by atoms with Crippen molar-refractivity contribution in [2.75, 3.05) is 5.32 Å². The lowest BCUT2D eigenvalue weighted by Gasteiger charge is -2.13. The molecule has 2 aromatic carbocycles. The Hall–Kier alpha value is -3.73. The van der Waals surface area contributed by atoms with Crippen molar-refractivity contribution in [2.45, 2.75) is 20.4 Å². The Kier molecular flexibility index (Phi) is 4.96. The Morgan fingerprint density at radius 3 is 2.31 bits per heavy atom. The van der Waals surface area contributed by atoms with Crippen molar-refractivity contribution < 1.29 is 4.79 Å². The third-order valence-corrected chi connectivity index (χ3v) is 4.86. The minimum atomic E-state index is -0.428. The Morgan fingerprint density at radius 1 is 0.966 bits per heavy atom. The van der Waals surface area contributed by atoms with Crippen LogP contribution < -0.4 is 10.9 Å². The predicted octanol–water partition coefficient (Wildman–Crippen LogP) is 4.31. The molecule has 0 bridgehead atoms. The van der Waals surface area contributed by atoms with E-state index in [9.17, 15) is 9.59 Å². The maximum absolute atomic E-state index is 13.2. The molecule has 0 unspecified atom stereocenters. The monoisotopic (exact) mass is 383 g/mol. The molecule has 1 N–H and O–H groups in total. The van der Waals surface area contributed by atoms with E-state index >= 15 is 0 Å². The van der Waals surface area contributed by atoms with Crippen LogP contribution in [-0.4, -0.2) is 15.5 Å². The van der Waals surface area contributed by atoms with Crippen LogP contribution in [-0.2, 0) is 6.54 Å². The largest absolute Gasteiger partial charge is 0.322 e. The molecule has 0 atom stereocenters. The number of nitrogens with zero attached hydrogens (tertiary/aromatic N) is 2. The zero-order valence-corrected chi connectivity index (χ0v) is 16.3. The van der Waals surface area contributed by atoms with E-state index in [1.54, 1.807) is 22.9 Å². The van der Waals surface area contributed by atoms with Gasteiger partial charge in [-0.25, -0.2) is 4.98 Å². The number of aromatic nitrogens is 2. The third kappa shape index (κ3) is 3.94. The molecule has 0 radical (unpaired) electrons. The first-order chi connectivity index (χ1) is 14.0. The van der Waals surface area contributed by atoms with Gasteiger partial charge in [-0.15, -0.1) is 0 Å². The van der Waals surface area contributed by atoms with Gasteiger partial charge in [-0.3, -0.25) is 14.2 Å². The fraction of sp³-hybridized carbons (Fsp3) is 0.125. The molecule has 0 saturated heterocycles. The first-order valence-corrected chi connectivity index (χ1v) is 9.43. The summed E-state index contributed by atoms with van der Waals surface area (Å²) in [5.74, 6) is -0.428. The topological polar surface area (TPSA) is 64.0 Å². The van der Waals surface area contributed by atoms with E-state index in [1.807, 2.05) is 68.4 Å². The van der Waals surface area contributed by atoms with Crippen LogP contribution in [0.2, 0.25) is 0 Å². The Morgan fingerprint density at radius 2 is 1.62 bits per heavy atom. The van der Waals surface area contributed by atoms with Gasteiger partial charge in [0, 0.05) is 17.3 Å². The summed E-state index contributed by atoms with van der Waals surface area (Å²) in [4.78, 5) is 30.5. The van der Waals surface area contributed by atoms with Crippen molar-refractivity contribution in [1.29, 1.82) is 0 Å². The number of carbonyl (C=O) groups is 1. The molecule has 5 nitrogen and oxygen atoms in total. The number of pyridine rings is 2. The van der Waals surface area contributed by atoms with Gasteiger partial charge >= 0.3 is 0 Å². The first-order valence-electron chi connectivity index (χ1n) is 9.43. The van der Waals surface area contributed by atoms with Gasteiger partial charge < -0.3 is 5.32 Å². The van der Waals surface area contributed by atoms with Crippen LogP contribution >= 0.6 is 0 Å². The number of fused-ring (bicyclic) bond motifs is 1. The second-order valence-electron chi connectivity index (χ2n) is 7.17. The highest BCUT2D eigenvalue weighted by Crippen LogP contribution is 2.15. The highest BCUT2D eigenvalue weighted by atomic mass is 16.2. The van der Waals surface area contributed by atoms with Crippen LogP contribution in [0, 0.1) is 13.8 Å². The van der Waals surface area contributed by atoms with Crippen molar-refractivity contribution in [3.05, 3.63) is 106 Å². The molecule has 29 heavy (non-hydrogen) atoms. The minimum Gasteiger partial charge on any atom is -0.322 e. The van der Waals surface area contributed by atoms with Crippen LogP contribution in [0.1, 0.15) is 27.0 Å². The molecule has 0 aliphatic heterocycles. The van der Waals surface area contributed by atoms with E-state index in [0.717, 1.165) is 22.1 Å². The number of nitrogens with one attached hydrogen (secondary N) is 1. The Bertz CT molecular complexity index is 1240. The molecule has 2 aromatic heterocycles. The fourth-order valence-electron chi connectivity index (χ4n) is 3.23. The van der Waals surface area contributed by atoms with Crippen molar-refractivity contribution in [1.82, 2.24) is 9.55 Å². The molecular weight excluding hydrogens is 362 g/mol. The second kappa shape index (κ2) is 7.72. The van der Waals surface area contributed by atoms with Crippen molar-refractivity contribution in [2.24, 2.45) is 0 Å². The lowest BCUT2D eigenvalue weighted by atomic mass is 10.1. The smallest absolute Gasteiger partial charge is 0.265 e. The summed E-state index contributed by atoms with van der Waals surface area (Å²) in [5, 5.41) is 3.56. The minimum absolute atomic E-state index is 0.0955. The molecule has 4 aromatic rings. The molecule has 144 valence electrons. The predicted molar refractivity (Wildman–Crippen MR) is 115 cm³/mol. The van der Waals surface area contributed by atoms with Gasteiger partial charge in [0.2, 0.25) is 0 Å². The van der Waals surface area contributed by atoms with E-state index in [-0.39, 0.29) is 11.1 Å². The summed E-state index contributed by atoms with van der Waals surface area (Å²) >= 11 is 0. The summed E-state index contributed by atoms with van der Waals surface area (Å²) in [6.45, 7) is 4.34. The highest BCUT2D eigenvalue weighted by molar-refractivity contribution is 6.05. The quantitative estimate of drug-likeness (QED) is 0.571. The van der Waals surface area contributed by atoms with Crippen LogP contribution in [0.3, 0.4) is 0 Å². The molecule has 4 rings (SSSR count).